The van der Waals surface area contributed by atoms with Crippen LogP contribution in [0.3, 0.4) is 0 Å². The van der Waals surface area contributed by atoms with Crippen LogP contribution < -0.4 is 10.1 Å². The summed E-state index contributed by atoms with van der Waals surface area (Å²) in [7, 11) is 0. The van der Waals surface area contributed by atoms with E-state index in [0.29, 0.717) is 5.57 Å². The third-order valence-electron chi connectivity index (χ3n) is 2.77. The first-order chi connectivity index (χ1) is 7.44. The summed E-state index contributed by atoms with van der Waals surface area (Å²) in [5.41, 5.74) is 1.87. The van der Waals surface area contributed by atoms with E-state index in [0.717, 1.165) is 16.9 Å². The number of rotatable bonds is 2. The Balaban J connectivity index is 0.00000144. The van der Waals surface area contributed by atoms with Crippen LogP contribution in [-0.2, 0) is 10.5 Å². The van der Waals surface area contributed by atoms with Gasteiger partial charge in [0, 0.05) is 5.57 Å². The fourth-order valence-corrected chi connectivity index (χ4v) is 1.79. The summed E-state index contributed by atoms with van der Waals surface area (Å²) in [6.07, 6.45) is 0. The third kappa shape index (κ3) is 2.15. The van der Waals surface area contributed by atoms with Crippen molar-refractivity contribution in [2.45, 2.75) is 26.5 Å². The van der Waals surface area contributed by atoms with Crippen molar-refractivity contribution in [2.75, 3.05) is 0 Å². The molecule has 0 bridgehead atoms. The zero-order chi connectivity index (χ0) is 11.9. The van der Waals surface area contributed by atoms with E-state index in [1.165, 1.54) is 0 Å². The number of ether oxygens (including phenoxy) is 1. The SMILES string of the molecule is C=C(C)C(=O)NC1(C)Oc2c(C)cccc21.Cl. The van der Waals surface area contributed by atoms with Crippen molar-refractivity contribution in [1.82, 2.24) is 5.32 Å². The normalized spacial score (nSPS) is 20.2. The number of benzene rings is 1. The number of carbonyl (C=O) groups excluding carboxylic acids is 1. The molecule has 1 N–H and O–H groups in total. The van der Waals surface area contributed by atoms with Gasteiger partial charge in [-0.1, -0.05) is 18.7 Å². The van der Waals surface area contributed by atoms with Crippen molar-refractivity contribution in [3.63, 3.8) is 0 Å². The van der Waals surface area contributed by atoms with Gasteiger partial charge in [0.1, 0.15) is 5.75 Å². The fraction of sp³-hybridized carbons (Fsp3) is 0.308. The molecule has 1 aliphatic heterocycles. The quantitative estimate of drug-likeness (QED) is 0.823. The number of amides is 1. The number of nitrogens with one attached hydrogen (secondary N) is 1. The van der Waals surface area contributed by atoms with Gasteiger partial charge < -0.3 is 10.1 Å². The van der Waals surface area contributed by atoms with E-state index in [1.54, 1.807) is 6.92 Å². The summed E-state index contributed by atoms with van der Waals surface area (Å²) in [5, 5.41) is 2.81. The van der Waals surface area contributed by atoms with Gasteiger partial charge in [0.2, 0.25) is 11.6 Å². The highest BCUT2D eigenvalue weighted by molar-refractivity contribution is 5.92. The molecular weight excluding hydrogens is 238 g/mol. The van der Waals surface area contributed by atoms with Crippen molar-refractivity contribution in [3.8, 4) is 5.75 Å². The van der Waals surface area contributed by atoms with Gasteiger partial charge in [-0.05, 0) is 32.4 Å². The molecule has 0 spiro atoms. The average Bonchev–Trinajstić information content (AvgIpc) is 2.20. The molecule has 0 aliphatic carbocycles. The molecule has 4 heteroatoms. The summed E-state index contributed by atoms with van der Waals surface area (Å²) < 4.78 is 5.65. The maximum Gasteiger partial charge on any atom is 0.249 e. The number of hydrogen-bond acceptors (Lipinski definition) is 2. The molecule has 2 rings (SSSR count). The smallest absolute Gasteiger partial charge is 0.249 e. The van der Waals surface area contributed by atoms with Gasteiger partial charge in [-0.3, -0.25) is 4.79 Å². The molecule has 1 heterocycles. The number of carbonyl (C=O) groups is 1. The van der Waals surface area contributed by atoms with Crippen LogP contribution in [0.25, 0.3) is 0 Å². The number of aryl methyl sites for hydroxylation is 1. The van der Waals surface area contributed by atoms with Crippen LogP contribution in [0.2, 0.25) is 0 Å². The van der Waals surface area contributed by atoms with Crippen LogP contribution in [0.5, 0.6) is 5.75 Å². The van der Waals surface area contributed by atoms with E-state index >= 15 is 0 Å². The van der Waals surface area contributed by atoms with Crippen molar-refractivity contribution in [3.05, 3.63) is 41.5 Å². The van der Waals surface area contributed by atoms with Gasteiger partial charge in [0.05, 0.1) is 5.56 Å². The van der Waals surface area contributed by atoms with Crippen molar-refractivity contribution < 1.29 is 9.53 Å². The largest absolute Gasteiger partial charge is 0.463 e. The highest BCUT2D eigenvalue weighted by atomic mass is 35.5. The Labute approximate surface area is 107 Å². The first kappa shape index (κ1) is 13.6. The molecule has 0 radical (unpaired) electrons. The molecule has 0 fully saturated rings. The molecule has 1 amide bonds. The third-order valence-corrected chi connectivity index (χ3v) is 2.77. The van der Waals surface area contributed by atoms with Crippen molar-refractivity contribution in [2.24, 2.45) is 0 Å². The van der Waals surface area contributed by atoms with E-state index in [4.69, 9.17) is 4.74 Å². The molecule has 0 saturated carbocycles. The van der Waals surface area contributed by atoms with Crippen LogP contribution in [0.1, 0.15) is 25.0 Å². The average molecular weight is 254 g/mol. The van der Waals surface area contributed by atoms with Gasteiger partial charge >= 0.3 is 0 Å². The van der Waals surface area contributed by atoms with Crippen LogP contribution in [0.4, 0.5) is 0 Å². The first-order valence-electron chi connectivity index (χ1n) is 5.21. The lowest BCUT2D eigenvalue weighted by Crippen LogP contribution is -2.53. The van der Waals surface area contributed by atoms with Gasteiger partial charge in [-0.2, -0.15) is 0 Å². The lowest BCUT2D eigenvalue weighted by molar-refractivity contribution is -0.125. The molecule has 1 unspecified atom stereocenters. The van der Waals surface area contributed by atoms with Crippen LogP contribution >= 0.6 is 12.4 Å². The minimum atomic E-state index is -0.711. The van der Waals surface area contributed by atoms with E-state index in [1.807, 2.05) is 32.0 Å². The highest BCUT2D eigenvalue weighted by Gasteiger charge is 2.43. The minimum absolute atomic E-state index is 0. The zero-order valence-electron chi connectivity index (χ0n) is 10.2. The monoisotopic (exact) mass is 253 g/mol. The lowest BCUT2D eigenvalue weighted by Gasteiger charge is -2.42. The van der Waals surface area contributed by atoms with Crippen LogP contribution in [0, 0.1) is 6.92 Å². The van der Waals surface area contributed by atoms with E-state index in [2.05, 4.69) is 11.9 Å². The molecule has 17 heavy (non-hydrogen) atoms. The summed E-state index contributed by atoms with van der Waals surface area (Å²) in [6, 6.07) is 5.91. The summed E-state index contributed by atoms with van der Waals surface area (Å²) >= 11 is 0. The molecule has 0 aromatic heterocycles. The minimum Gasteiger partial charge on any atom is -0.463 e. The number of para-hydroxylation sites is 1. The van der Waals surface area contributed by atoms with Crippen molar-refractivity contribution in [1.29, 1.82) is 0 Å². The molecule has 1 aromatic carbocycles. The topological polar surface area (TPSA) is 38.3 Å². The van der Waals surface area contributed by atoms with Gasteiger partial charge in [-0.15, -0.1) is 12.4 Å². The Bertz CT molecular complexity index is 484. The first-order valence-corrected chi connectivity index (χ1v) is 5.21. The number of fused-ring (bicyclic) bond motifs is 1. The fourth-order valence-electron chi connectivity index (χ4n) is 1.79. The molecule has 1 atom stereocenters. The Morgan fingerprint density at radius 1 is 1.47 bits per heavy atom. The Hall–Kier alpha value is -1.48. The molecule has 1 aromatic rings. The predicted molar refractivity (Wildman–Crippen MR) is 69.4 cm³/mol. The van der Waals surface area contributed by atoms with Crippen LogP contribution in [0.15, 0.2) is 30.4 Å². The Morgan fingerprint density at radius 3 is 2.71 bits per heavy atom. The lowest BCUT2D eigenvalue weighted by atomic mass is 9.94. The van der Waals surface area contributed by atoms with Crippen LogP contribution in [-0.4, -0.2) is 5.91 Å². The van der Waals surface area contributed by atoms with E-state index in [-0.39, 0.29) is 18.3 Å². The summed E-state index contributed by atoms with van der Waals surface area (Å²) in [4.78, 5) is 11.6. The highest BCUT2D eigenvalue weighted by Crippen LogP contribution is 2.44. The van der Waals surface area contributed by atoms with Gasteiger partial charge in [-0.25, -0.2) is 0 Å². The van der Waals surface area contributed by atoms with Gasteiger partial charge in [0.15, 0.2) is 0 Å². The zero-order valence-corrected chi connectivity index (χ0v) is 11.0. The summed E-state index contributed by atoms with van der Waals surface area (Å²) in [5.74, 6) is 0.682. The van der Waals surface area contributed by atoms with E-state index < -0.39 is 5.72 Å². The molecular formula is C13H16ClNO2. The molecule has 3 nitrogen and oxygen atoms in total. The second-order valence-electron chi connectivity index (χ2n) is 4.32. The Morgan fingerprint density at radius 2 is 2.12 bits per heavy atom. The number of halogens is 1. The predicted octanol–water partition coefficient (Wildman–Crippen LogP) is 2.67. The Kier molecular flexibility index (Phi) is 3.53. The summed E-state index contributed by atoms with van der Waals surface area (Å²) in [6.45, 7) is 9.11. The van der Waals surface area contributed by atoms with Crippen molar-refractivity contribution >= 4 is 18.3 Å². The molecule has 0 saturated heterocycles. The second-order valence-corrected chi connectivity index (χ2v) is 4.32. The number of hydrogen-bond donors (Lipinski definition) is 1. The maximum absolute atomic E-state index is 11.6. The van der Waals surface area contributed by atoms with Gasteiger partial charge in [0.25, 0.3) is 0 Å². The standard InChI is InChI=1S/C13H15NO2.ClH/c1-8(2)12(15)14-13(4)10-7-5-6-9(3)11(10)16-13;/h5-7H,1H2,2-4H3,(H,14,15);1H. The molecule has 92 valence electrons. The van der Waals surface area contributed by atoms with E-state index in [9.17, 15) is 4.79 Å². The molecule has 1 aliphatic rings. The maximum atomic E-state index is 11.6. The second kappa shape index (κ2) is 4.41.